The summed E-state index contributed by atoms with van der Waals surface area (Å²) in [5, 5.41) is 3.13. The maximum atomic E-state index is 5.92. The minimum Gasteiger partial charge on any atom is -0.360 e. The topological polar surface area (TPSA) is 21.3 Å². The third-order valence-corrected chi connectivity index (χ3v) is 3.15. The largest absolute Gasteiger partial charge is 0.360 e. The van der Waals surface area contributed by atoms with Crippen molar-refractivity contribution >= 4 is 0 Å². The van der Waals surface area contributed by atoms with Crippen molar-refractivity contribution in [2.24, 2.45) is 11.8 Å². The zero-order valence-electron chi connectivity index (χ0n) is 9.34. The minimum absolute atomic E-state index is 0.198. The SMILES string of the molecule is CNC(C)OC1CCCC1C(C)C. The molecule has 1 N–H and O–H groups in total. The average Bonchev–Trinajstić information content (AvgIpc) is 2.52. The normalized spacial score (nSPS) is 31.2. The number of hydrogen-bond acceptors (Lipinski definition) is 2. The molecule has 1 saturated carbocycles. The highest BCUT2D eigenvalue weighted by atomic mass is 16.5. The Bertz CT molecular complexity index is 147. The van der Waals surface area contributed by atoms with E-state index in [0.29, 0.717) is 6.10 Å². The fraction of sp³-hybridized carbons (Fsp3) is 1.00. The van der Waals surface area contributed by atoms with Gasteiger partial charge in [0, 0.05) is 0 Å². The van der Waals surface area contributed by atoms with Gasteiger partial charge in [0.2, 0.25) is 0 Å². The van der Waals surface area contributed by atoms with Crippen molar-refractivity contribution in [1.82, 2.24) is 5.32 Å². The van der Waals surface area contributed by atoms with E-state index in [9.17, 15) is 0 Å². The van der Waals surface area contributed by atoms with Gasteiger partial charge in [0.25, 0.3) is 0 Å². The van der Waals surface area contributed by atoms with E-state index in [1.807, 2.05) is 7.05 Å². The summed E-state index contributed by atoms with van der Waals surface area (Å²) in [6.45, 7) is 6.68. The van der Waals surface area contributed by atoms with Crippen LogP contribution in [0.5, 0.6) is 0 Å². The summed E-state index contributed by atoms with van der Waals surface area (Å²) in [4.78, 5) is 0. The lowest BCUT2D eigenvalue weighted by atomic mass is 9.92. The Morgan fingerprint density at radius 3 is 2.46 bits per heavy atom. The molecule has 3 atom stereocenters. The predicted octanol–water partition coefficient (Wildman–Crippen LogP) is 2.39. The van der Waals surface area contributed by atoms with Gasteiger partial charge in [-0.3, -0.25) is 5.32 Å². The third kappa shape index (κ3) is 2.96. The first-order valence-corrected chi connectivity index (χ1v) is 5.48. The van der Waals surface area contributed by atoms with Gasteiger partial charge in [-0.15, -0.1) is 0 Å². The average molecular weight is 185 g/mol. The van der Waals surface area contributed by atoms with Crippen LogP contribution in [0.1, 0.15) is 40.0 Å². The molecule has 0 radical (unpaired) electrons. The Hall–Kier alpha value is -0.0800. The maximum Gasteiger partial charge on any atom is 0.105 e. The Kier molecular flexibility index (Phi) is 4.20. The summed E-state index contributed by atoms with van der Waals surface area (Å²) >= 11 is 0. The molecular weight excluding hydrogens is 162 g/mol. The van der Waals surface area contributed by atoms with E-state index < -0.39 is 0 Å². The van der Waals surface area contributed by atoms with Crippen molar-refractivity contribution in [1.29, 1.82) is 0 Å². The lowest BCUT2D eigenvalue weighted by Crippen LogP contribution is -2.33. The molecule has 13 heavy (non-hydrogen) atoms. The second kappa shape index (κ2) is 4.97. The highest BCUT2D eigenvalue weighted by Crippen LogP contribution is 2.34. The molecule has 1 aliphatic carbocycles. The molecule has 0 saturated heterocycles. The van der Waals surface area contributed by atoms with E-state index in [-0.39, 0.29) is 6.23 Å². The lowest BCUT2D eigenvalue weighted by molar-refractivity contribution is -0.0431. The van der Waals surface area contributed by atoms with Gasteiger partial charge in [-0.2, -0.15) is 0 Å². The highest BCUT2D eigenvalue weighted by molar-refractivity contribution is 4.80. The summed E-state index contributed by atoms with van der Waals surface area (Å²) in [7, 11) is 1.95. The monoisotopic (exact) mass is 185 g/mol. The standard InChI is InChI=1S/C11H23NO/c1-8(2)10-6-5-7-11(10)13-9(3)12-4/h8-12H,5-7H2,1-4H3. The van der Waals surface area contributed by atoms with E-state index in [2.05, 4.69) is 26.1 Å². The van der Waals surface area contributed by atoms with Crippen LogP contribution in [-0.4, -0.2) is 19.4 Å². The number of ether oxygens (including phenoxy) is 1. The quantitative estimate of drug-likeness (QED) is 0.679. The van der Waals surface area contributed by atoms with Crippen molar-refractivity contribution in [3.63, 3.8) is 0 Å². The fourth-order valence-corrected chi connectivity index (χ4v) is 2.22. The number of nitrogens with one attached hydrogen (secondary N) is 1. The molecule has 2 nitrogen and oxygen atoms in total. The van der Waals surface area contributed by atoms with Crippen LogP contribution in [0.25, 0.3) is 0 Å². The van der Waals surface area contributed by atoms with Crippen molar-refractivity contribution in [2.75, 3.05) is 7.05 Å². The molecule has 1 aliphatic rings. The van der Waals surface area contributed by atoms with Gasteiger partial charge in [-0.1, -0.05) is 20.3 Å². The van der Waals surface area contributed by atoms with E-state index in [1.54, 1.807) is 0 Å². The van der Waals surface area contributed by atoms with Crippen LogP contribution in [0, 0.1) is 11.8 Å². The molecule has 1 fully saturated rings. The van der Waals surface area contributed by atoms with Crippen LogP contribution in [-0.2, 0) is 4.74 Å². The van der Waals surface area contributed by atoms with Gasteiger partial charge >= 0.3 is 0 Å². The molecule has 0 aromatic rings. The third-order valence-electron chi connectivity index (χ3n) is 3.15. The summed E-state index contributed by atoms with van der Waals surface area (Å²) < 4.78 is 5.92. The predicted molar refractivity (Wildman–Crippen MR) is 55.6 cm³/mol. The molecule has 0 bridgehead atoms. The van der Waals surface area contributed by atoms with Crippen molar-refractivity contribution in [3.05, 3.63) is 0 Å². The number of rotatable bonds is 4. The first kappa shape index (κ1) is 11.0. The van der Waals surface area contributed by atoms with Crippen LogP contribution >= 0.6 is 0 Å². The highest BCUT2D eigenvalue weighted by Gasteiger charge is 2.31. The molecule has 0 aromatic carbocycles. The first-order valence-electron chi connectivity index (χ1n) is 5.48. The molecular formula is C11H23NO. The van der Waals surface area contributed by atoms with Crippen LogP contribution in [0.2, 0.25) is 0 Å². The van der Waals surface area contributed by atoms with Gasteiger partial charge in [0.05, 0.1) is 6.10 Å². The zero-order valence-corrected chi connectivity index (χ0v) is 9.34. The summed E-state index contributed by atoms with van der Waals surface area (Å²) in [5.74, 6) is 1.53. The maximum absolute atomic E-state index is 5.92. The van der Waals surface area contributed by atoms with Gasteiger partial charge in [-0.25, -0.2) is 0 Å². The van der Waals surface area contributed by atoms with Gasteiger partial charge < -0.3 is 4.74 Å². The lowest BCUT2D eigenvalue weighted by Gasteiger charge is -2.26. The van der Waals surface area contributed by atoms with Crippen LogP contribution in [0.15, 0.2) is 0 Å². The van der Waals surface area contributed by atoms with E-state index >= 15 is 0 Å². The molecule has 0 aromatic heterocycles. The van der Waals surface area contributed by atoms with E-state index in [0.717, 1.165) is 11.8 Å². The van der Waals surface area contributed by atoms with Gasteiger partial charge in [0.15, 0.2) is 0 Å². The molecule has 1 rings (SSSR count). The van der Waals surface area contributed by atoms with E-state index in [1.165, 1.54) is 19.3 Å². The smallest absolute Gasteiger partial charge is 0.105 e. The second-order valence-corrected chi connectivity index (χ2v) is 4.44. The van der Waals surface area contributed by atoms with Crippen LogP contribution < -0.4 is 5.32 Å². The Balaban J connectivity index is 2.39. The van der Waals surface area contributed by atoms with Crippen LogP contribution in [0.3, 0.4) is 0 Å². The van der Waals surface area contributed by atoms with Crippen LogP contribution in [0.4, 0.5) is 0 Å². The minimum atomic E-state index is 0.198. The first-order chi connectivity index (χ1) is 6.15. The second-order valence-electron chi connectivity index (χ2n) is 4.44. The summed E-state index contributed by atoms with van der Waals surface area (Å²) in [5.41, 5.74) is 0. The molecule has 3 unspecified atom stereocenters. The molecule has 2 heteroatoms. The number of hydrogen-bond donors (Lipinski definition) is 1. The zero-order chi connectivity index (χ0) is 9.84. The fourth-order valence-electron chi connectivity index (χ4n) is 2.22. The van der Waals surface area contributed by atoms with Gasteiger partial charge in [0.1, 0.15) is 6.23 Å². The van der Waals surface area contributed by atoms with Crippen molar-refractivity contribution in [2.45, 2.75) is 52.4 Å². The Morgan fingerprint density at radius 2 is 1.92 bits per heavy atom. The Labute approximate surface area is 82.0 Å². The molecule has 0 aliphatic heterocycles. The van der Waals surface area contributed by atoms with E-state index in [4.69, 9.17) is 4.74 Å². The molecule has 0 spiro atoms. The molecule has 0 heterocycles. The summed E-state index contributed by atoms with van der Waals surface area (Å²) in [6, 6.07) is 0. The van der Waals surface area contributed by atoms with Crippen molar-refractivity contribution < 1.29 is 4.74 Å². The summed E-state index contributed by atoms with van der Waals surface area (Å²) in [6.07, 6.45) is 4.62. The molecule has 0 amide bonds. The Morgan fingerprint density at radius 1 is 1.23 bits per heavy atom. The van der Waals surface area contributed by atoms with Gasteiger partial charge in [-0.05, 0) is 38.6 Å². The van der Waals surface area contributed by atoms with Crippen molar-refractivity contribution in [3.8, 4) is 0 Å². The molecule has 78 valence electrons.